The molecular formula is C27H22N2O5. The van der Waals surface area contributed by atoms with Gasteiger partial charge in [0.1, 0.15) is 5.75 Å². The molecule has 0 atom stereocenters. The molecule has 4 aromatic carbocycles. The first-order valence-corrected chi connectivity index (χ1v) is 10.4. The lowest BCUT2D eigenvalue weighted by molar-refractivity contribution is 0.0731. The Balaban J connectivity index is 1.45. The Morgan fingerprint density at radius 1 is 0.824 bits per heavy atom. The van der Waals surface area contributed by atoms with Crippen molar-refractivity contribution in [3.05, 3.63) is 102 Å². The lowest BCUT2D eigenvalue weighted by atomic mass is 10.0. The summed E-state index contributed by atoms with van der Waals surface area (Å²) in [4.78, 5) is 25.1. The first-order valence-electron chi connectivity index (χ1n) is 10.4. The number of amides is 1. The summed E-state index contributed by atoms with van der Waals surface area (Å²) < 4.78 is 16.1. The van der Waals surface area contributed by atoms with Crippen molar-refractivity contribution in [2.75, 3.05) is 14.2 Å². The van der Waals surface area contributed by atoms with E-state index in [0.29, 0.717) is 28.2 Å². The number of esters is 1. The minimum absolute atomic E-state index is 0.278. The van der Waals surface area contributed by atoms with E-state index in [1.165, 1.54) is 13.3 Å². The number of nitrogens with zero attached hydrogens (tertiary/aromatic N) is 1. The van der Waals surface area contributed by atoms with Crippen LogP contribution in [0.3, 0.4) is 0 Å². The van der Waals surface area contributed by atoms with E-state index >= 15 is 0 Å². The molecule has 0 spiro atoms. The Morgan fingerprint density at radius 2 is 1.59 bits per heavy atom. The molecule has 170 valence electrons. The summed E-state index contributed by atoms with van der Waals surface area (Å²) in [6.45, 7) is 0. The molecule has 0 heterocycles. The first-order chi connectivity index (χ1) is 16.6. The van der Waals surface area contributed by atoms with Gasteiger partial charge in [-0.05, 0) is 64.9 Å². The van der Waals surface area contributed by atoms with E-state index in [2.05, 4.69) is 10.5 Å². The number of hydrogen-bond donors (Lipinski definition) is 1. The Hall–Kier alpha value is -4.65. The number of carbonyl (C=O) groups excluding carboxylic acids is 2. The van der Waals surface area contributed by atoms with E-state index in [1.54, 1.807) is 55.6 Å². The van der Waals surface area contributed by atoms with Crippen molar-refractivity contribution in [3.8, 4) is 17.2 Å². The van der Waals surface area contributed by atoms with Crippen molar-refractivity contribution in [2.24, 2.45) is 5.10 Å². The Bertz CT molecular complexity index is 1360. The second-order valence-electron chi connectivity index (χ2n) is 7.25. The maximum Gasteiger partial charge on any atom is 0.344 e. The van der Waals surface area contributed by atoms with Gasteiger partial charge in [0.25, 0.3) is 5.91 Å². The number of nitrogens with one attached hydrogen (secondary N) is 1. The van der Waals surface area contributed by atoms with E-state index in [9.17, 15) is 9.59 Å². The second kappa shape index (κ2) is 10.3. The maximum absolute atomic E-state index is 12.8. The van der Waals surface area contributed by atoms with E-state index < -0.39 is 5.97 Å². The number of fused-ring (bicyclic) bond motifs is 1. The number of hydrogen-bond acceptors (Lipinski definition) is 6. The van der Waals surface area contributed by atoms with E-state index in [4.69, 9.17) is 14.2 Å². The maximum atomic E-state index is 12.8. The number of benzene rings is 4. The molecule has 0 unspecified atom stereocenters. The highest BCUT2D eigenvalue weighted by Crippen LogP contribution is 2.29. The van der Waals surface area contributed by atoms with Crippen LogP contribution in [0.4, 0.5) is 0 Å². The highest BCUT2D eigenvalue weighted by molar-refractivity contribution is 6.05. The molecule has 7 nitrogen and oxygen atoms in total. The molecule has 4 aromatic rings. The molecule has 1 amide bonds. The predicted octanol–water partition coefficient (Wildman–Crippen LogP) is 4.84. The van der Waals surface area contributed by atoms with Crippen molar-refractivity contribution in [1.82, 2.24) is 5.43 Å². The molecule has 0 aromatic heterocycles. The van der Waals surface area contributed by atoms with Crippen LogP contribution >= 0.6 is 0 Å². The molecular weight excluding hydrogens is 432 g/mol. The minimum atomic E-state index is -0.483. The molecule has 0 aliphatic heterocycles. The van der Waals surface area contributed by atoms with Crippen molar-refractivity contribution in [2.45, 2.75) is 0 Å². The Labute approximate surface area is 196 Å². The lowest BCUT2D eigenvalue weighted by Gasteiger charge is -2.11. The topological polar surface area (TPSA) is 86.2 Å². The molecule has 1 N–H and O–H groups in total. The van der Waals surface area contributed by atoms with Gasteiger partial charge in [0.2, 0.25) is 0 Å². The van der Waals surface area contributed by atoms with Crippen LogP contribution in [0.2, 0.25) is 0 Å². The average molecular weight is 454 g/mol. The summed E-state index contributed by atoms with van der Waals surface area (Å²) in [5.74, 6) is 0.460. The van der Waals surface area contributed by atoms with Crippen molar-refractivity contribution in [3.63, 3.8) is 0 Å². The van der Waals surface area contributed by atoms with Gasteiger partial charge in [0, 0.05) is 5.56 Å². The largest absolute Gasteiger partial charge is 0.497 e. The van der Waals surface area contributed by atoms with Gasteiger partial charge in [-0.15, -0.1) is 0 Å². The van der Waals surface area contributed by atoms with Crippen LogP contribution in [-0.2, 0) is 0 Å². The van der Waals surface area contributed by atoms with Gasteiger partial charge in [0.05, 0.1) is 26.0 Å². The van der Waals surface area contributed by atoms with Gasteiger partial charge in [-0.25, -0.2) is 10.2 Å². The standard InChI is InChI=1S/C27H22N2O5/c1-32-21-13-11-20(12-14-21)26(30)29-28-17-18-10-15-24(25(16-18)33-2)34-27(31)23-9-5-7-19-6-3-4-8-22(19)23/h3-17H,1-2H3,(H,29,30)/b28-17+. The second-order valence-corrected chi connectivity index (χ2v) is 7.25. The van der Waals surface area contributed by atoms with Crippen LogP contribution in [0.5, 0.6) is 17.2 Å². The summed E-state index contributed by atoms with van der Waals surface area (Å²) in [6.07, 6.45) is 1.47. The summed E-state index contributed by atoms with van der Waals surface area (Å²) in [5, 5.41) is 5.75. The van der Waals surface area contributed by atoms with Crippen LogP contribution in [0.1, 0.15) is 26.3 Å². The number of rotatable bonds is 7. The minimum Gasteiger partial charge on any atom is -0.497 e. The summed E-state index contributed by atoms with van der Waals surface area (Å²) in [6, 6.07) is 24.8. The average Bonchev–Trinajstić information content (AvgIpc) is 2.89. The highest BCUT2D eigenvalue weighted by atomic mass is 16.6. The van der Waals surface area contributed by atoms with Crippen LogP contribution < -0.4 is 19.6 Å². The quantitative estimate of drug-likeness (QED) is 0.187. The van der Waals surface area contributed by atoms with Gasteiger partial charge in [-0.3, -0.25) is 4.79 Å². The number of carbonyl (C=O) groups is 2. The number of hydrazone groups is 1. The van der Waals surface area contributed by atoms with Crippen molar-refractivity contribution >= 4 is 28.9 Å². The summed E-state index contributed by atoms with van der Waals surface area (Å²) in [7, 11) is 3.04. The van der Waals surface area contributed by atoms with Crippen LogP contribution in [-0.4, -0.2) is 32.3 Å². The van der Waals surface area contributed by atoms with Gasteiger partial charge in [-0.2, -0.15) is 5.10 Å². The zero-order valence-electron chi connectivity index (χ0n) is 18.6. The third-order valence-electron chi connectivity index (χ3n) is 5.13. The van der Waals surface area contributed by atoms with Crippen LogP contribution in [0.15, 0.2) is 90.0 Å². The fraction of sp³-hybridized carbons (Fsp3) is 0.0741. The van der Waals surface area contributed by atoms with Gasteiger partial charge in [0.15, 0.2) is 11.5 Å². The fourth-order valence-electron chi connectivity index (χ4n) is 3.38. The molecule has 0 saturated carbocycles. The molecule has 0 bridgehead atoms. The zero-order chi connectivity index (χ0) is 23.9. The SMILES string of the molecule is COc1ccc(C(=O)N/N=C/c2ccc(OC(=O)c3cccc4ccccc34)c(OC)c2)cc1. The number of ether oxygens (including phenoxy) is 3. The normalized spacial score (nSPS) is 10.8. The van der Waals surface area contributed by atoms with Crippen LogP contribution in [0, 0.1) is 0 Å². The van der Waals surface area contributed by atoms with Gasteiger partial charge < -0.3 is 14.2 Å². The predicted molar refractivity (Wildman–Crippen MR) is 130 cm³/mol. The van der Waals surface area contributed by atoms with Gasteiger partial charge >= 0.3 is 5.97 Å². The fourth-order valence-corrected chi connectivity index (χ4v) is 3.38. The molecule has 7 heteroatoms. The zero-order valence-corrected chi connectivity index (χ0v) is 18.6. The molecule has 0 fully saturated rings. The van der Waals surface area contributed by atoms with Gasteiger partial charge in [-0.1, -0.05) is 36.4 Å². The molecule has 0 radical (unpaired) electrons. The van der Waals surface area contributed by atoms with E-state index in [0.717, 1.165) is 10.8 Å². The molecule has 0 saturated heterocycles. The third kappa shape index (κ3) is 5.05. The number of methoxy groups -OCH3 is 2. The molecule has 0 aliphatic carbocycles. The Morgan fingerprint density at radius 3 is 2.35 bits per heavy atom. The summed E-state index contributed by atoms with van der Waals surface area (Å²) >= 11 is 0. The first kappa shape index (κ1) is 22.5. The van der Waals surface area contributed by atoms with Crippen molar-refractivity contribution < 1.29 is 23.8 Å². The smallest absolute Gasteiger partial charge is 0.344 e. The highest BCUT2D eigenvalue weighted by Gasteiger charge is 2.15. The molecule has 0 aliphatic rings. The van der Waals surface area contributed by atoms with E-state index in [-0.39, 0.29) is 11.7 Å². The third-order valence-corrected chi connectivity index (χ3v) is 5.13. The monoisotopic (exact) mass is 454 g/mol. The Kier molecular flexibility index (Phi) is 6.84. The van der Waals surface area contributed by atoms with Crippen LogP contribution in [0.25, 0.3) is 10.8 Å². The van der Waals surface area contributed by atoms with Crippen molar-refractivity contribution in [1.29, 1.82) is 0 Å². The molecule has 34 heavy (non-hydrogen) atoms. The lowest BCUT2D eigenvalue weighted by Crippen LogP contribution is -2.17. The van der Waals surface area contributed by atoms with E-state index in [1.807, 2.05) is 36.4 Å². The molecule has 4 rings (SSSR count). The summed E-state index contributed by atoms with van der Waals surface area (Å²) in [5.41, 5.74) is 4.04.